The number of hydrogen-bond donors (Lipinski definition) is 0. The van der Waals surface area contributed by atoms with Crippen molar-refractivity contribution in [2.45, 2.75) is 45.6 Å². The van der Waals surface area contributed by atoms with Gasteiger partial charge in [-0.15, -0.1) is 0 Å². The van der Waals surface area contributed by atoms with Gasteiger partial charge in [0.15, 0.2) is 5.13 Å². The van der Waals surface area contributed by atoms with Crippen LogP contribution in [-0.4, -0.2) is 27.0 Å². The minimum absolute atomic E-state index is 0.163. The van der Waals surface area contributed by atoms with E-state index >= 15 is 0 Å². The molecule has 1 aliphatic rings. The molecule has 4 rings (SSSR count). The van der Waals surface area contributed by atoms with Gasteiger partial charge < -0.3 is 4.57 Å². The molecular weight excluding hydrogens is 344 g/mol. The van der Waals surface area contributed by atoms with Crippen molar-refractivity contribution in [2.75, 3.05) is 11.4 Å². The van der Waals surface area contributed by atoms with Crippen LogP contribution >= 0.6 is 11.3 Å². The summed E-state index contributed by atoms with van der Waals surface area (Å²) in [6.45, 7) is 3.64. The number of nitrogens with zero attached hydrogens (tertiary/aromatic N) is 4. The number of aryl methyl sites for hydroxylation is 2. The van der Waals surface area contributed by atoms with Crippen LogP contribution in [0, 0.1) is 12.8 Å². The zero-order chi connectivity index (χ0) is 17.9. The first-order valence-corrected chi connectivity index (χ1v) is 10.2. The van der Waals surface area contributed by atoms with Crippen LogP contribution < -0.4 is 4.90 Å². The highest BCUT2D eigenvalue weighted by Gasteiger charge is 2.29. The second kappa shape index (κ2) is 7.58. The smallest absolute Gasteiger partial charge is 0.231 e. The molecule has 0 bridgehead atoms. The Labute approximate surface area is 157 Å². The highest BCUT2D eigenvalue weighted by molar-refractivity contribution is 7.22. The minimum atomic E-state index is 0.163. The number of benzene rings is 1. The third kappa shape index (κ3) is 3.51. The van der Waals surface area contributed by atoms with Crippen LogP contribution in [-0.2, 0) is 11.3 Å². The van der Waals surface area contributed by atoms with Gasteiger partial charge in [-0.05, 0) is 37.8 Å². The maximum Gasteiger partial charge on any atom is 0.231 e. The third-order valence-electron chi connectivity index (χ3n) is 5.17. The van der Waals surface area contributed by atoms with Gasteiger partial charge in [-0.1, -0.05) is 36.3 Å². The fraction of sp³-hybridized carbons (Fsp3) is 0.450. The van der Waals surface area contributed by atoms with Crippen molar-refractivity contribution in [1.29, 1.82) is 0 Å². The van der Waals surface area contributed by atoms with E-state index in [2.05, 4.69) is 34.7 Å². The molecule has 0 atom stereocenters. The fourth-order valence-electron chi connectivity index (χ4n) is 3.71. The summed E-state index contributed by atoms with van der Waals surface area (Å²) < 4.78 is 3.21. The number of para-hydroxylation sites is 1. The van der Waals surface area contributed by atoms with E-state index < -0.39 is 0 Å². The molecule has 0 aliphatic heterocycles. The van der Waals surface area contributed by atoms with Gasteiger partial charge in [0.05, 0.1) is 16.5 Å². The lowest BCUT2D eigenvalue weighted by molar-refractivity contribution is -0.122. The number of carbonyl (C=O) groups excluding carboxylic acids is 1. The molecule has 2 aromatic heterocycles. The average molecular weight is 369 g/mol. The van der Waals surface area contributed by atoms with Gasteiger partial charge in [-0.25, -0.2) is 9.97 Å². The molecule has 5 nitrogen and oxygen atoms in total. The van der Waals surface area contributed by atoms with Gasteiger partial charge in [0.1, 0.15) is 0 Å². The van der Waals surface area contributed by atoms with Gasteiger partial charge in [-0.2, -0.15) is 0 Å². The predicted octanol–water partition coefficient (Wildman–Crippen LogP) is 4.41. The quantitative estimate of drug-likeness (QED) is 0.647. The van der Waals surface area contributed by atoms with Crippen LogP contribution in [0.15, 0.2) is 36.9 Å². The number of aromatic nitrogens is 3. The summed E-state index contributed by atoms with van der Waals surface area (Å²) in [7, 11) is 0. The first-order valence-electron chi connectivity index (χ1n) is 9.35. The van der Waals surface area contributed by atoms with E-state index in [9.17, 15) is 4.79 Å². The summed E-state index contributed by atoms with van der Waals surface area (Å²) in [6.07, 6.45) is 10.8. The number of hydrogen-bond acceptors (Lipinski definition) is 4. The van der Waals surface area contributed by atoms with E-state index in [0.717, 1.165) is 59.6 Å². The van der Waals surface area contributed by atoms with Crippen molar-refractivity contribution in [3.63, 3.8) is 0 Å². The Morgan fingerprint density at radius 3 is 2.92 bits per heavy atom. The molecule has 1 amide bonds. The van der Waals surface area contributed by atoms with Crippen molar-refractivity contribution in [3.05, 3.63) is 42.5 Å². The van der Waals surface area contributed by atoms with Gasteiger partial charge >= 0.3 is 0 Å². The number of amides is 1. The summed E-state index contributed by atoms with van der Waals surface area (Å²) in [4.78, 5) is 24.0. The Hall–Kier alpha value is -2.21. The molecule has 6 heteroatoms. The molecule has 26 heavy (non-hydrogen) atoms. The number of rotatable bonds is 6. The van der Waals surface area contributed by atoms with Crippen LogP contribution in [0.3, 0.4) is 0 Å². The largest absolute Gasteiger partial charge is 0.337 e. The fourth-order valence-corrected chi connectivity index (χ4v) is 4.79. The topological polar surface area (TPSA) is 51.0 Å². The van der Waals surface area contributed by atoms with Gasteiger partial charge in [0.2, 0.25) is 5.91 Å². The Morgan fingerprint density at radius 1 is 1.35 bits per heavy atom. The molecule has 136 valence electrons. The predicted molar refractivity (Wildman–Crippen MR) is 106 cm³/mol. The maximum absolute atomic E-state index is 13.2. The highest BCUT2D eigenvalue weighted by atomic mass is 32.1. The molecular formula is C20H24N4OS. The van der Waals surface area contributed by atoms with E-state index in [1.807, 2.05) is 17.4 Å². The molecule has 1 aromatic carbocycles. The number of fused-ring (bicyclic) bond motifs is 1. The van der Waals surface area contributed by atoms with Gasteiger partial charge in [-0.3, -0.25) is 9.69 Å². The second-order valence-corrected chi connectivity index (χ2v) is 8.05. The van der Waals surface area contributed by atoms with E-state index in [4.69, 9.17) is 4.98 Å². The summed E-state index contributed by atoms with van der Waals surface area (Å²) in [5.41, 5.74) is 2.18. The van der Waals surface area contributed by atoms with E-state index in [1.54, 1.807) is 17.5 Å². The highest BCUT2D eigenvalue weighted by Crippen LogP contribution is 2.34. The van der Waals surface area contributed by atoms with Crippen molar-refractivity contribution >= 4 is 32.6 Å². The Morgan fingerprint density at radius 2 is 2.19 bits per heavy atom. The van der Waals surface area contributed by atoms with Crippen molar-refractivity contribution in [1.82, 2.24) is 14.5 Å². The molecule has 0 saturated heterocycles. The molecule has 0 radical (unpaired) electrons. The number of carbonyl (C=O) groups is 1. The normalized spacial score (nSPS) is 15.0. The first-order chi connectivity index (χ1) is 12.7. The Bertz CT molecular complexity index is 880. The van der Waals surface area contributed by atoms with E-state index in [0.29, 0.717) is 6.54 Å². The molecule has 1 saturated carbocycles. The maximum atomic E-state index is 13.2. The van der Waals surface area contributed by atoms with Crippen LogP contribution in [0.25, 0.3) is 10.2 Å². The number of anilines is 1. The summed E-state index contributed by atoms with van der Waals surface area (Å²) in [5, 5.41) is 0.844. The summed E-state index contributed by atoms with van der Waals surface area (Å²) in [6, 6.07) is 6.23. The molecule has 1 aliphatic carbocycles. The zero-order valence-corrected chi connectivity index (χ0v) is 15.9. The number of imidazole rings is 1. The molecule has 2 heterocycles. The molecule has 0 N–H and O–H groups in total. The summed E-state index contributed by atoms with van der Waals surface area (Å²) >= 11 is 1.63. The standard InChI is InChI=1S/C20H24N4OS/c1-15-6-4-9-17-18(15)22-20(26-17)24(19(25)16-7-2-3-8-16)12-5-11-23-13-10-21-14-23/h4,6,9-10,13-14,16H,2-3,5,7-8,11-12H2,1H3. The SMILES string of the molecule is Cc1cccc2sc(N(CCCn3ccnc3)C(=O)C3CCCC3)nc12. The lowest BCUT2D eigenvalue weighted by Gasteiger charge is -2.23. The zero-order valence-electron chi connectivity index (χ0n) is 15.1. The van der Waals surface area contributed by atoms with Crippen LogP contribution in [0.5, 0.6) is 0 Å². The van der Waals surface area contributed by atoms with E-state index in [-0.39, 0.29) is 11.8 Å². The molecule has 0 spiro atoms. The van der Waals surface area contributed by atoms with Gasteiger partial charge in [0.25, 0.3) is 0 Å². The number of thiazole rings is 1. The summed E-state index contributed by atoms with van der Waals surface area (Å²) in [5.74, 6) is 0.418. The van der Waals surface area contributed by atoms with Crippen molar-refractivity contribution in [3.8, 4) is 0 Å². The van der Waals surface area contributed by atoms with Crippen LogP contribution in [0.2, 0.25) is 0 Å². The van der Waals surface area contributed by atoms with Gasteiger partial charge in [0, 0.05) is 31.4 Å². The minimum Gasteiger partial charge on any atom is -0.337 e. The van der Waals surface area contributed by atoms with Crippen molar-refractivity contribution in [2.24, 2.45) is 5.92 Å². The second-order valence-electron chi connectivity index (χ2n) is 7.04. The lowest BCUT2D eigenvalue weighted by atomic mass is 10.1. The third-order valence-corrected chi connectivity index (χ3v) is 6.21. The average Bonchev–Trinajstić information content (AvgIpc) is 3.39. The van der Waals surface area contributed by atoms with Crippen LogP contribution in [0.1, 0.15) is 37.7 Å². The monoisotopic (exact) mass is 368 g/mol. The molecule has 1 fully saturated rings. The van der Waals surface area contributed by atoms with Crippen molar-refractivity contribution < 1.29 is 4.79 Å². The van der Waals surface area contributed by atoms with E-state index in [1.165, 1.54) is 0 Å². The molecule has 3 aromatic rings. The lowest BCUT2D eigenvalue weighted by Crippen LogP contribution is -2.36. The van der Waals surface area contributed by atoms with Crippen LogP contribution in [0.4, 0.5) is 5.13 Å². The Balaban J connectivity index is 1.57. The molecule has 0 unspecified atom stereocenters. The first kappa shape index (κ1) is 17.2. The Kier molecular flexibility index (Phi) is 5.02.